The Balaban J connectivity index is 1.44. The molecule has 0 radical (unpaired) electrons. The number of amides is 1. The SMILES string of the molecule is CN(C)C(=O)CN1CCC2(CC1)CC(c1ccccc1)CN(C1CC1)C2. The predicted molar refractivity (Wildman–Crippen MR) is 105 cm³/mol. The van der Waals surface area contributed by atoms with Gasteiger partial charge in [-0.3, -0.25) is 14.6 Å². The van der Waals surface area contributed by atoms with Crippen molar-refractivity contribution in [2.45, 2.75) is 44.1 Å². The number of carbonyl (C=O) groups is 1. The summed E-state index contributed by atoms with van der Waals surface area (Å²) in [5.41, 5.74) is 1.96. The Labute approximate surface area is 158 Å². The number of benzene rings is 1. The van der Waals surface area contributed by atoms with Gasteiger partial charge in [0.25, 0.3) is 0 Å². The van der Waals surface area contributed by atoms with Gasteiger partial charge in [0.1, 0.15) is 0 Å². The molecule has 0 bridgehead atoms. The molecule has 3 fully saturated rings. The zero-order valence-electron chi connectivity index (χ0n) is 16.4. The first kappa shape index (κ1) is 18.0. The molecule has 1 aromatic rings. The molecule has 0 aromatic heterocycles. The van der Waals surface area contributed by atoms with E-state index >= 15 is 0 Å². The van der Waals surface area contributed by atoms with Crippen LogP contribution in [0.3, 0.4) is 0 Å². The number of piperidine rings is 2. The first-order valence-corrected chi connectivity index (χ1v) is 10.3. The van der Waals surface area contributed by atoms with Gasteiger partial charge in [-0.1, -0.05) is 30.3 Å². The summed E-state index contributed by atoms with van der Waals surface area (Å²) in [4.78, 5) is 18.9. The smallest absolute Gasteiger partial charge is 0.236 e. The second kappa shape index (κ2) is 7.32. The van der Waals surface area contributed by atoms with Crippen LogP contribution in [-0.4, -0.2) is 73.5 Å². The van der Waals surface area contributed by atoms with E-state index in [4.69, 9.17) is 0 Å². The standard InChI is InChI=1S/C22H33N3O/c1-23(2)21(26)16-24-12-10-22(11-13-24)14-19(18-6-4-3-5-7-18)15-25(17-22)20-8-9-20/h3-7,19-20H,8-17H2,1-2H3. The van der Waals surface area contributed by atoms with Crippen molar-refractivity contribution < 1.29 is 4.79 Å². The Kier molecular flexibility index (Phi) is 5.07. The van der Waals surface area contributed by atoms with Crippen molar-refractivity contribution in [2.24, 2.45) is 5.41 Å². The Morgan fingerprint density at radius 1 is 1.15 bits per heavy atom. The van der Waals surface area contributed by atoms with E-state index in [-0.39, 0.29) is 5.91 Å². The summed E-state index contributed by atoms with van der Waals surface area (Å²) >= 11 is 0. The molecule has 4 nitrogen and oxygen atoms in total. The van der Waals surface area contributed by atoms with Crippen molar-refractivity contribution in [3.63, 3.8) is 0 Å². The molecule has 1 amide bonds. The highest BCUT2D eigenvalue weighted by Crippen LogP contribution is 2.47. The number of hydrogen-bond donors (Lipinski definition) is 0. The number of likely N-dealkylation sites (N-methyl/N-ethyl adjacent to an activating group) is 1. The molecule has 0 N–H and O–H groups in total. The van der Waals surface area contributed by atoms with Gasteiger partial charge < -0.3 is 4.90 Å². The van der Waals surface area contributed by atoms with Crippen LogP contribution in [0.15, 0.2) is 30.3 Å². The highest BCUT2D eigenvalue weighted by molar-refractivity contribution is 5.77. The molecular weight excluding hydrogens is 322 g/mol. The Hall–Kier alpha value is -1.39. The van der Waals surface area contributed by atoms with Crippen molar-refractivity contribution >= 4 is 5.91 Å². The summed E-state index contributed by atoms with van der Waals surface area (Å²) in [5.74, 6) is 0.895. The highest BCUT2D eigenvalue weighted by Gasteiger charge is 2.45. The van der Waals surface area contributed by atoms with Crippen LogP contribution < -0.4 is 0 Å². The van der Waals surface area contributed by atoms with Crippen LogP contribution in [0, 0.1) is 5.41 Å². The number of likely N-dealkylation sites (tertiary alicyclic amines) is 2. The summed E-state index contributed by atoms with van der Waals surface area (Å²) in [6.07, 6.45) is 6.57. The lowest BCUT2D eigenvalue weighted by Gasteiger charge is -2.50. The molecule has 1 aliphatic carbocycles. The Morgan fingerprint density at radius 2 is 1.85 bits per heavy atom. The number of carbonyl (C=O) groups excluding carboxylic acids is 1. The fraction of sp³-hybridized carbons (Fsp3) is 0.682. The summed E-state index contributed by atoms with van der Waals surface area (Å²) in [5, 5.41) is 0. The molecule has 2 heterocycles. The molecule has 1 atom stereocenters. The first-order valence-electron chi connectivity index (χ1n) is 10.3. The Bertz CT molecular complexity index is 618. The van der Waals surface area contributed by atoms with Crippen LogP contribution in [0.5, 0.6) is 0 Å². The lowest BCUT2D eigenvalue weighted by molar-refractivity contribution is -0.130. The summed E-state index contributed by atoms with van der Waals surface area (Å²) in [6, 6.07) is 12.0. The van der Waals surface area contributed by atoms with Crippen molar-refractivity contribution in [3.05, 3.63) is 35.9 Å². The molecule has 4 heteroatoms. The van der Waals surface area contributed by atoms with Gasteiger partial charge in [0.15, 0.2) is 0 Å². The van der Waals surface area contributed by atoms with Crippen molar-refractivity contribution in [1.29, 1.82) is 0 Å². The van der Waals surface area contributed by atoms with Gasteiger partial charge in [-0.15, -0.1) is 0 Å². The minimum Gasteiger partial charge on any atom is -0.348 e. The molecular formula is C22H33N3O. The minimum atomic E-state index is 0.228. The number of nitrogens with zero attached hydrogens (tertiary/aromatic N) is 3. The monoisotopic (exact) mass is 355 g/mol. The maximum atomic E-state index is 12.0. The van der Waals surface area contributed by atoms with Gasteiger partial charge in [0, 0.05) is 33.2 Å². The van der Waals surface area contributed by atoms with Crippen LogP contribution in [0.25, 0.3) is 0 Å². The third-order valence-electron chi connectivity index (χ3n) is 6.78. The van der Waals surface area contributed by atoms with E-state index in [9.17, 15) is 4.79 Å². The molecule has 4 rings (SSSR count). The van der Waals surface area contributed by atoms with Crippen molar-refractivity contribution in [1.82, 2.24) is 14.7 Å². The zero-order chi connectivity index (χ0) is 18.1. The molecule has 2 aliphatic heterocycles. The lowest BCUT2D eigenvalue weighted by Crippen LogP contribution is -2.53. The van der Waals surface area contributed by atoms with E-state index in [1.165, 1.54) is 50.8 Å². The molecule has 3 aliphatic rings. The summed E-state index contributed by atoms with van der Waals surface area (Å²) in [7, 11) is 3.71. The van der Waals surface area contributed by atoms with Crippen LogP contribution in [0.4, 0.5) is 0 Å². The number of rotatable bonds is 4. The van der Waals surface area contributed by atoms with E-state index in [2.05, 4.69) is 40.1 Å². The van der Waals surface area contributed by atoms with E-state index < -0.39 is 0 Å². The maximum Gasteiger partial charge on any atom is 0.236 e. The molecule has 26 heavy (non-hydrogen) atoms. The fourth-order valence-electron chi connectivity index (χ4n) is 4.98. The molecule has 1 spiro atoms. The largest absolute Gasteiger partial charge is 0.348 e. The van der Waals surface area contributed by atoms with Gasteiger partial charge in [0.05, 0.1) is 6.54 Å². The van der Waals surface area contributed by atoms with E-state index in [0.29, 0.717) is 17.9 Å². The first-order chi connectivity index (χ1) is 12.5. The topological polar surface area (TPSA) is 26.8 Å². The summed E-state index contributed by atoms with van der Waals surface area (Å²) < 4.78 is 0. The van der Waals surface area contributed by atoms with Crippen molar-refractivity contribution in [3.8, 4) is 0 Å². The zero-order valence-corrected chi connectivity index (χ0v) is 16.4. The van der Waals surface area contributed by atoms with Crippen LogP contribution in [0.2, 0.25) is 0 Å². The number of hydrogen-bond acceptors (Lipinski definition) is 3. The van der Waals surface area contributed by atoms with Crippen LogP contribution in [-0.2, 0) is 4.79 Å². The minimum absolute atomic E-state index is 0.228. The third-order valence-corrected chi connectivity index (χ3v) is 6.78. The van der Waals surface area contributed by atoms with Gasteiger partial charge in [-0.2, -0.15) is 0 Å². The second-order valence-electron chi connectivity index (χ2n) is 9.04. The highest BCUT2D eigenvalue weighted by atomic mass is 16.2. The van der Waals surface area contributed by atoms with Gasteiger partial charge in [0.2, 0.25) is 5.91 Å². The van der Waals surface area contributed by atoms with E-state index in [1.807, 2.05) is 14.1 Å². The maximum absolute atomic E-state index is 12.0. The van der Waals surface area contributed by atoms with Gasteiger partial charge >= 0.3 is 0 Å². The predicted octanol–water partition coefficient (Wildman–Crippen LogP) is 2.81. The molecule has 2 saturated heterocycles. The second-order valence-corrected chi connectivity index (χ2v) is 9.04. The molecule has 142 valence electrons. The third kappa shape index (κ3) is 3.96. The van der Waals surface area contributed by atoms with Crippen LogP contribution in [0.1, 0.15) is 43.6 Å². The summed E-state index contributed by atoms with van der Waals surface area (Å²) in [6.45, 7) is 5.23. The van der Waals surface area contributed by atoms with Crippen LogP contribution >= 0.6 is 0 Å². The van der Waals surface area contributed by atoms with Crippen molar-refractivity contribution in [2.75, 3.05) is 46.8 Å². The fourth-order valence-corrected chi connectivity index (χ4v) is 4.98. The molecule has 1 aromatic carbocycles. The van der Waals surface area contributed by atoms with E-state index in [1.54, 1.807) is 4.90 Å². The average molecular weight is 356 g/mol. The average Bonchev–Trinajstić information content (AvgIpc) is 3.49. The van der Waals surface area contributed by atoms with Gasteiger partial charge in [-0.05, 0) is 62.1 Å². The Morgan fingerprint density at radius 3 is 2.46 bits per heavy atom. The normalized spacial score (nSPS) is 26.8. The molecule has 1 saturated carbocycles. The quantitative estimate of drug-likeness (QED) is 0.831. The lowest BCUT2D eigenvalue weighted by atomic mass is 9.68. The van der Waals surface area contributed by atoms with E-state index in [0.717, 1.165) is 19.1 Å². The molecule has 1 unspecified atom stereocenters. The van der Waals surface area contributed by atoms with Gasteiger partial charge in [-0.25, -0.2) is 0 Å².